The number of H-pyrrole nitrogens is 1. The molecule has 1 aliphatic heterocycles. The van der Waals surface area contributed by atoms with Gasteiger partial charge in [-0.3, -0.25) is 9.89 Å². The van der Waals surface area contributed by atoms with Crippen LogP contribution in [0.2, 0.25) is 0 Å². The number of anilines is 1. The van der Waals surface area contributed by atoms with E-state index in [0.717, 1.165) is 17.4 Å². The lowest BCUT2D eigenvalue weighted by Gasteiger charge is -2.23. The second-order valence-corrected chi connectivity index (χ2v) is 5.44. The summed E-state index contributed by atoms with van der Waals surface area (Å²) in [5.74, 6) is 0.462. The van der Waals surface area contributed by atoms with Gasteiger partial charge in [0.25, 0.3) is 5.91 Å². The minimum atomic E-state index is -0.218. The molecule has 1 aliphatic rings. The van der Waals surface area contributed by atoms with E-state index in [1.165, 1.54) is 0 Å². The maximum absolute atomic E-state index is 12.5. The number of benzene rings is 1. The van der Waals surface area contributed by atoms with E-state index in [4.69, 9.17) is 10.5 Å². The molecular weight excluding hydrogens is 294 g/mol. The molecule has 3 heterocycles. The van der Waals surface area contributed by atoms with Crippen molar-refractivity contribution in [3.8, 4) is 5.75 Å². The highest BCUT2D eigenvalue weighted by Gasteiger charge is 2.20. The van der Waals surface area contributed by atoms with E-state index in [-0.39, 0.29) is 11.9 Å². The van der Waals surface area contributed by atoms with E-state index in [1.54, 1.807) is 30.6 Å². The molecule has 1 atom stereocenters. The third-order valence-corrected chi connectivity index (χ3v) is 3.96. The number of fused-ring (bicyclic) bond motifs is 2. The van der Waals surface area contributed by atoms with Crippen molar-refractivity contribution in [2.45, 2.75) is 12.5 Å². The molecule has 4 N–H and O–H groups in total. The zero-order chi connectivity index (χ0) is 15.8. The number of nitrogens with one attached hydrogen (secondary N) is 2. The quantitative estimate of drug-likeness (QED) is 0.671. The highest BCUT2D eigenvalue weighted by molar-refractivity contribution is 6.08. The van der Waals surface area contributed by atoms with Gasteiger partial charge >= 0.3 is 0 Å². The molecule has 1 unspecified atom stereocenters. The van der Waals surface area contributed by atoms with Crippen LogP contribution in [0.25, 0.3) is 11.0 Å². The number of rotatable bonds is 2. The van der Waals surface area contributed by atoms with Crippen LogP contribution in [-0.4, -0.2) is 27.7 Å². The van der Waals surface area contributed by atoms with Crippen LogP contribution in [0.3, 0.4) is 0 Å². The van der Waals surface area contributed by atoms with Gasteiger partial charge in [-0.2, -0.15) is 5.10 Å². The van der Waals surface area contributed by atoms with Gasteiger partial charge in [0.1, 0.15) is 5.75 Å². The van der Waals surface area contributed by atoms with Gasteiger partial charge in [-0.1, -0.05) is 6.07 Å². The fourth-order valence-electron chi connectivity index (χ4n) is 2.71. The summed E-state index contributed by atoms with van der Waals surface area (Å²) in [6.07, 6.45) is 4.03. The molecule has 7 heteroatoms. The van der Waals surface area contributed by atoms with Crippen molar-refractivity contribution < 1.29 is 9.53 Å². The van der Waals surface area contributed by atoms with Crippen molar-refractivity contribution in [1.29, 1.82) is 0 Å². The topological polar surface area (TPSA) is 106 Å². The second-order valence-electron chi connectivity index (χ2n) is 5.44. The molecule has 0 spiro atoms. The van der Waals surface area contributed by atoms with Gasteiger partial charge in [0.15, 0.2) is 5.65 Å². The number of aromatic amines is 1. The SMILES string of the molecule is NC1CCOc2cc(C(=O)Nc3ccnc4[nH]ncc34)ccc21. The van der Waals surface area contributed by atoms with E-state index < -0.39 is 0 Å². The molecule has 0 saturated heterocycles. The Morgan fingerprint density at radius 1 is 1.39 bits per heavy atom. The largest absolute Gasteiger partial charge is 0.493 e. The lowest BCUT2D eigenvalue weighted by molar-refractivity contribution is 0.102. The number of aromatic nitrogens is 3. The molecule has 1 amide bonds. The molecule has 0 aliphatic carbocycles. The number of hydrogen-bond donors (Lipinski definition) is 3. The lowest BCUT2D eigenvalue weighted by atomic mass is 9.99. The van der Waals surface area contributed by atoms with Crippen LogP contribution in [0.1, 0.15) is 28.4 Å². The average molecular weight is 309 g/mol. The van der Waals surface area contributed by atoms with Crippen LogP contribution in [-0.2, 0) is 0 Å². The van der Waals surface area contributed by atoms with Gasteiger partial charge in [-0.05, 0) is 18.2 Å². The fourth-order valence-corrected chi connectivity index (χ4v) is 2.71. The summed E-state index contributed by atoms with van der Waals surface area (Å²) < 4.78 is 5.61. The Hall–Kier alpha value is -2.93. The summed E-state index contributed by atoms with van der Waals surface area (Å²) in [4.78, 5) is 16.6. The van der Waals surface area contributed by atoms with Crippen LogP contribution < -0.4 is 15.8 Å². The van der Waals surface area contributed by atoms with Crippen LogP contribution in [0.4, 0.5) is 5.69 Å². The van der Waals surface area contributed by atoms with Gasteiger partial charge in [-0.15, -0.1) is 0 Å². The number of hydrogen-bond acceptors (Lipinski definition) is 5. The van der Waals surface area contributed by atoms with Crippen molar-refractivity contribution in [2.75, 3.05) is 11.9 Å². The normalized spacial score (nSPS) is 16.7. The van der Waals surface area contributed by atoms with Gasteiger partial charge in [0.2, 0.25) is 0 Å². The molecule has 23 heavy (non-hydrogen) atoms. The second kappa shape index (κ2) is 5.36. The predicted molar refractivity (Wildman–Crippen MR) is 85.3 cm³/mol. The number of carbonyl (C=O) groups is 1. The molecule has 116 valence electrons. The molecular formula is C16H15N5O2. The fraction of sp³-hybridized carbons (Fsp3) is 0.188. The van der Waals surface area contributed by atoms with Crippen molar-refractivity contribution in [1.82, 2.24) is 15.2 Å². The molecule has 0 radical (unpaired) electrons. The van der Waals surface area contributed by atoms with Crippen molar-refractivity contribution in [2.24, 2.45) is 5.73 Å². The van der Waals surface area contributed by atoms with Crippen molar-refractivity contribution in [3.63, 3.8) is 0 Å². The minimum Gasteiger partial charge on any atom is -0.493 e. The minimum absolute atomic E-state index is 0.0402. The summed E-state index contributed by atoms with van der Waals surface area (Å²) in [6.45, 7) is 0.569. The van der Waals surface area contributed by atoms with Gasteiger partial charge in [0.05, 0.1) is 23.9 Å². The molecule has 4 rings (SSSR count). The Bertz CT molecular complexity index is 889. The molecule has 0 saturated carbocycles. The highest BCUT2D eigenvalue weighted by Crippen LogP contribution is 2.31. The van der Waals surface area contributed by atoms with E-state index in [1.807, 2.05) is 6.07 Å². The Kier molecular flexibility index (Phi) is 3.20. The van der Waals surface area contributed by atoms with E-state index >= 15 is 0 Å². The first-order valence-electron chi connectivity index (χ1n) is 7.34. The van der Waals surface area contributed by atoms with Crippen molar-refractivity contribution in [3.05, 3.63) is 47.8 Å². The van der Waals surface area contributed by atoms with E-state index in [0.29, 0.717) is 29.3 Å². The molecule has 3 aromatic rings. The van der Waals surface area contributed by atoms with Gasteiger partial charge in [0, 0.05) is 29.8 Å². The summed E-state index contributed by atoms with van der Waals surface area (Å²) in [5.41, 5.74) is 8.79. The van der Waals surface area contributed by atoms with Crippen molar-refractivity contribution >= 4 is 22.6 Å². The zero-order valence-corrected chi connectivity index (χ0v) is 12.2. The number of nitrogens with two attached hydrogens (primary N) is 1. The first-order chi connectivity index (χ1) is 11.2. The zero-order valence-electron chi connectivity index (χ0n) is 12.2. The number of amides is 1. The van der Waals surface area contributed by atoms with Gasteiger partial charge < -0.3 is 15.8 Å². The Morgan fingerprint density at radius 3 is 3.22 bits per heavy atom. The number of ether oxygens (including phenoxy) is 1. The summed E-state index contributed by atoms with van der Waals surface area (Å²) in [5, 5.41) is 10.3. The van der Waals surface area contributed by atoms with Crippen LogP contribution in [0.5, 0.6) is 5.75 Å². The first kappa shape index (κ1) is 13.7. The summed E-state index contributed by atoms with van der Waals surface area (Å²) in [7, 11) is 0. The monoisotopic (exact) mass is 309 g/mol. The molecule has 7 nitrogen and oxygen atoms in total. The molecule has 0 bridgehead atoms. The Balaban J connectivity index is 1.63. The molecule has 2 aromatic heterocycles. The third-order valence-electron chi connectivity index (χ3n) is 3.96. The molecule has 0 fully saturated rings. The predicted octanol–water partition coefficient (Wildman–Crippen LogP) is 1.99. The highest BCUT2D eigenvalue weighted by atomic mass is 16.5. The van der Waals surface area contributed by atoms with Crippen LogP contribution >= 0.6 is 0 Å². The Labute approximate surface area is 131 Å². The Morgan fingerprint density at radius 2 is 2.30 bits per heavy atom. The van der Waals surface area contributed by atoms with E-state index in [9.17, 15) is 4.79 Å². The maximum atomic E-state index is 12.5. The third kappa shape index (κ3) is 2.40. The summed E-state index contributed by atoms with van der Waals surface area (Å²) in [6, 6.07) is 7.05. The first-order valence-corrected chi connectivity index (χ1v) is 7.34. The number of carbonyl (C=O) groups excluding carboxylic acids is 1. The lowest BCUT2D eigenvalue weighted by Crippen LogP contribution is -2.21. The number of pyridine rings is 1. The molecule has 1 aromatic carbocycles. The smallest absolute Gasteiger partial charge is 0.255 e. The van der Waals surface area contributed by atoms with Crippen LogP contribution in [0.15, 0.2) is 36.7 Å². The maximum Gasteiger partial charge on any atom is 0.255 e. The van der Waals surface area contributed by atoms with Crippen LogP contribution in [0, 0.1) is 0 Å². The standard InChI is InChI=1S/C16H15N5O2/c17-12-4-6-23-14-7-9(1-2-10(12)14)16(22)20-13-3-5-18-15-11(13)8-19-21-15/h1-3,5,7-8,12H,4,6,17H2,(H2,18,19,20,21,22). The van der Waals surface area contributed by atoms with E-state index in [2.05, 4.69) is 20.5 Å². The summed E-state index contributed by atoms with van der Waals surface area (Å²) >= 11 is 0. The number of nitrogens with zero attached hydrogens (tertiary/aromatic N) is 2. The average Bonchev–Trinajstić information content (AvgIpc) is 3.04. The van der Waals surface area contributed by atoms with Gasteiger partial charge in [-0.25, -0.2) is 4.98 Å².